The lowest BCUT2D eigenvalue weighted by Crippen LogP contribution is -2.28. The average Bonchev–Trinajstić information content (AvgIpc) is 3.22. The number of hydrogen-bond acceptors (Lipinski definition) is 5. The van der Waals surface area contributed by atoms with Crippen LogP contribution in [-0.2, 0) is 4.79 Å². The Kier molecular flexibility index (Phi) is 6.61. The van der Waals surface area contributed by atoms with Crippen molar-refractivity contribution in [3.8, 4) is 11.5 Å². The minimum atomic E-state index is -3.16. The van der Waals surface area contributed by atoms with Crippen molar-refractivity contribution in [2.75, 3.05) is 13.7 Å². The molecule has 2 aromatic carbocycles. The van der Waals surface area contributed by atoms with E-state index < -0.39 is 23.0 Å². The molecule has 3 rings (SSSR count). The standard InChI is InChI=1S/C21H20F2N2O5/c1-29-18-12-15(17(25(27)28)13-19(18)30-21(22)23)9-10-20(26)24-11-5-8-16(24)14-6-3-2-4-7-14/h2-4,6-7,9-10,12-13,16,21H,5,8,11H2,1H3/b10-9+. The zero-order valence-electron chi connectivity index (χ0n) is 16.2. The SMILES string of the molecule is COc1cc(/C=C/C(=O)N2CCCC2c2ccccc2)c([N+](=O)[O-])cc1OC(F)F. The molecule has 1 amide bonds. The summed E-state index contributed by atoms with van der Waals surface area (Å²) in [7, 11) is 1.23. The average molecular weight is 418 g/mol. The summed E-state index contributed by atoms with van der Waals surface area (Å²) in [6.45, 7) is -2.58. The van der Waals surface area contributed by atoms with E-state index in [0.29, 0.717) is 6.54 Å². The lowest BCUT2D eigenvalue weighted by Gasteiger charge is -2.23. The number of carbonyl (C=O) groups excluding carboxylic acids is 1. The number of likely N-dealkylation sites (tertiary alicyclic amines) is 1. The van der Waals surface area contributed by atoms with Crippen LogP contribution in [0.3, 0.4) is 0 Å². The van der Waals surface area contributed by atoms with E-state index in [2.05, 4.69) is 4.74 Å². The highest BCUT2D eigenvalue weighted by molar-refractivity contribution is 5.93. The zero-order valence-corrected chi connectivity index (χ0v) is 16.2. The fourth-order valence-electron chi connectivity index (χ4n) is 3.51. The smallest absolute Gasteiger partial charge is 0.387 e. The van der Waals surface area contributed by atoms with Crippen molar-refractivity contribution in [3.63, 3.8) is 0 Å². The van der Waals surface area contributed by atoms with E-state index in [4.69, 9.17) is 4.74 Å². The van der Waals surface area contributed by atoms with Gasteiger partial charge in [-0.2, -0.15) is 8.78 Å². The van der Waals surface area contributed by atoms with Crippen LogP contribution in [0.4, 0.5) is 14.5 Å². The van der Waals surface area contributed by atoms with Crippen LogP contribution in [-0.4, -0.2) is 36.0 Å². The lowest BCUT2D eigenvalue weighted by molar-refractivity contribution is -0.385. The number of nitro groups is 1. The Labute approximate surface area is 171 Å². The Balaban J connectivity index is 1.87. The van der Waals surface area contributed by atoms with Crippen LogP contribution in [0.15, 0.2) is 48.5 Å². The predicted octanol–water partition coefficient (Wildman–Crippen LogP) is 4.58. The molecule has 30 heavy (non-hydrogen) atoms. The molecule has 1 aliphatic rings. The number of rotatable bonds is 7. The number of carbonyl (C=O) groups is 1. The fourth-order valence-corrected chi connectivity index (χ4v) is 3.51. The van der Waals surface area contributed by atoms with Crippen molar-refractivity contribution in [2.24, 2.45) is 0 Å². The number of halogens is 2. The molecule has 1 atom stereocenters. The highest BCUT2D eigenvalue weighted by Crippen LogP contribution is 2.37. The highest BCUT2D eigenvalue weighted by Gasteiger charge is 2.29. The largest absolute Gasteiger partial charge is 0.493 e. The molecule has 1 aliphatic heterocycles. The number of methoxy groups -OCH3 is 1. The van der Waals surface area contributed by atoms with Crippen LogP contribution in [0.5, 0.6) is 11.5 Å². The third-order valence-corrected chi connectivity index (χ3v) is 4.85. The highest BCUT2D eigenvalue weighted by atomic mass is 19.3. The van der Waals surface area contributed by atoms with Gasteiger partial charge in [0.15, 0.2) is 11.5 Å². The molecular weight excluding hydrogens is 398 g/mol. The predicted molar refractivity (Wildman–Crippen MR) is 105 cm³/mol. The van der Waals surface area contributed by atoms with Gasteiger partial charge in [0.2, 0.25) is 5.91 Å². The molecular formula is C21H20F2N2O5. The second-order valence-corrected chi connectivity index (χ2v) is 6.63. The molecule has 7 nitrogen and oxygen atoms in total. The molecule has 1 unspecified atom stereocenters. The van der Waals surface area contributed by atoms with Gasteiger partial charge in [0, 0.05) is 12.6 Å². The molecule has 0 N–H and O–H groups in total. The molecule has 1 saturated heterocycles. The van der Waals surface area contributed by atoms with Gasteiger partial charge in [-0.3, -0.25) is 14.9 Å². The van der Waals surface area contributed by atoms with Gasteiger partial charge >= 0.3 is 6.61 Å². The summed E-state index contributed by atoms with van der Waals surface area (Å²) < 4.78 is 34.4. The van der Waals surface area contributed by atoms with Crippen LogP contribution in [0, 0.1) is 10.1 Å². The van der Waals surface area contributed by atoms with E-state index in [1.54, 1.807) is 4.90 Å². The van der Waals surface area contributed by atoms with E-state index in [1.807, 2.05) is 30.3 Å². The van der Waals surface area contributed by atoms with Crippen molar-refractivity contribution >= 4 is 17.7 Å². The van der Waals surface area contributed by atoms with Gasteiger partial charge in [-0.1, -0.05) is 30.3 Å². The number of amides is 1. The molecule has 0 radical (unpaired) electrons. The maximum Gasteiger partial charge on any atom is 0.387 e. The first-order valence-electron chi connectivity index (χ1n) is 9.25. The Morgan fingerprint density at radius 1 is 1.27 bits per heavy atom. The summed E-state index contributed by atoms with van der Waals surface area (Å²) in [6.07, 6.45) is 4.22. The van der Waals surface area contributed by atoms with E-state index in [-0.39, 0.29) is 23.3 Å². The van der Waals surface area contributed by atoms with E-state index >= 15 is 0 Å². The van der Waals surface area contributed by atoms with Gasteiger partial charge in [-0.25, -0.2) is 0 Å². The van der Waals surface area contributed by atoms with E-state index in [0.717, 1.165) is 24.5 Å². The molecule has 0 spiro atoms. The van der Waals surface area contributed by atoms with Gasteiger partial charge in [0.1, 0.15) is 0 Å². The number of nitrogens with zero attached hydrogens (tertiary/aromatic N) is 2. The number of ether oxygens (including phenoxy) is 2. The monoisotopic (exact) mass is 418 g/mol. The summed E-state index contributed by atoms with van der Waals surface area (Å²) in [6, 6.07) is 11.6. The zero-order chi connectivity index (χ0) is 21.7. The molecule has 9 heteroatoms. The summed E-state index contributed by atoms with van der Waals surface area (Å²) in [4.78, 5) is 25.1. The number of hydrogen-bond donors (Lipinski definition) is 0. The maximum absolute atomic E-state index is 12.8. The normalized spacial score (nSPS) is 16.3. The molecule has 0 aromatic heterocycles. The molecule has 2 aromatic rings. The quantitative estimate of drug-likeness (QED) is 0.373. The molecule has 0 saturated carbocycles. The van der Waals surface area contributed by atoms with Crippen molar-refractivity contribution in [1.82, 2.24) is 4.90 Å². The van der Waals surface area contributed by atoms with E-state index in [1.165, 1.54) is 25.3 Å². The number of alkyl halides is 2. The number of nitro benzene ring substituents is 1. The molecule has 0 aliphatic carbocycles. The topological polar surface area (TPSA) is 81.9 Å². The van der Waals surface area contributed by atoms with Crippen molar-refractivity contribution in [3.05, 3.63) is 69.8 Å². The second kappa shape index (κ2) is 9.34. The Bertz CT molecular complexity index is 950. The van der Waals surface area contributed by atoms with Crippen LogP contribution in [0.1, 0.15) is 30.0 Å². The second-order valence-electron chi connectivity index (χ2n) is 6.63. The first kappa shape index (κ1) is 21.2. The minimum absolute atomic E-state index is 0.0438. The maximum atomic E-state index is 12.8. The molecule has 158 valence electrons. The molecule has 1 heterocycles. The summed E-state index contributed by atoms with van der Waals surface area (Å²) in [5.74, 6) is -0.842. The van der Waals surface area contributed by atoms with Crippen molar-refractivity contribution in [2.45, 2.75) is 25.5 Å². The van der Waals surface area contributed by atoms with Gasteiger partial charge in [0.25, 0.3) is 5.69 Å². The molecule has 0 bridgehead atoms. The minimum Gasteiger partial charge on any atom is -0.493 e. The van der Waals surface area contributed by atoms with Gasteiger partial charge in [0.05, 0.1) is 29.7 Å². The van der Waals surface area contributed by atoms with Crippen LogP contribution in [0.2, 0.25) is 0 Å². The summed E-state index contributed by atoms with van der Waals surface area (Å²) in [5, 5.41) is 11.4. The van der Waals surface area contributed by atoms with Crippen LogP contribution < -0.4 is 9.47 Å². The fraction of sp³-hybridized carbons (Fsp3) is 0.286. The Morgan fingerprint density at radius 3 is 2.63 bits per heavy atom. The van der Waals surface area contributed by atoms with Crippen molar-refractivity contribution < 1.29 is 28.0 Å². The Hall–Kier alpha value is -3.49. The Morgan fingerprint density at radius 2 is 2.00 bits per heavy atom. The van der Waals surface area contributed by atoms with Crippen LogP contribution >= 0.6 is 0 Å². The van der Waals surface area contributed by atoms with E-state index in [9.17, 15) is 23.7 Å². The third kappa shape index (κ3) is 4.73. The first-order chi connectivity index (χ1) is 14.4. The summed E-state index contributed by atoms with van der Waals surface area (Å²) >= 11 is 0. The van der Waals surface area contributed by atoms with Crippen molar-refractivity contribution in [1.29, 1.82) is 0 Å². The first-order valence-corrected chi connectivity index (χ1v) is 9.25. The van der Waals surface area contributed by atoms with Crippen LogP contribution in [0.25, 0.3) is 6.08 Å². The lowest BCUT2D eigenvalue weighted by atomic mass is 10.0. The van der Waals surface area contributed by atoms with Gasteiger partial charge < -0.3 is 14.4 Å². The van der Waals surface area contributed by atoms with Gasteiger partial charge in [-0.15, -0.1) is 0 Å². The van der Waals surface area contributed by atoms with Gasteiger partial charge in [-0.05, 0) is 30.5 Å². The summed E-state index contributed by atoms with van der Waals surface area (Å²) in [5.41, 5.74) is 0.594. The third-order valence-electron chi connectivity index (χ3n) is 4.85. The number of benzene rings is 2. The molecule has 1 fully saturated rings.